The van der Waals surface area contributed by atoms with Crippen molar-refractivity contribution in [2.24, 2.45) is 11.3 Å². The molecule has 2 atom stereocenters. The fraction of sp³-hybridized carbons (Fsp3) is 0.650. The molecule has 0 radical (unpaired) electrons. The van der Waals surface area contributed by atoms with Crippen LogP contribution in [0.4, 0.5) is 13.2 Å². The number of methoxy groups -OCH3 is 1. The molecule has 8 heteroatoms. The normalized spacial score (nSPS) is 21.7. The Morgan fingerprint density at radius 1 is 1.36 bits per heavy atom. The maximum Gasteiger partial charge on any atom is 0.416 e. The third-order valence-electron chi connectivity index (χ3n) is 6.07. The third-order valence-corrected chi connectivity index (χ3v) is 6.07. The summed E-state index contributed by atoms with van der Waals surface area (Å²) in [5.41, 5.74) is -0.109. The highest BCUT2D eigenvalue weighted by Gasteiger charge is 2.58. The molecule has 2 unspecified atom stereocenters. The van der Waals surface area contributed by atoms with Crippen molar-refractivity contribution in [2.75, 3.05) is 33.4 Å². The number of carbonyl (C=O) groups is 1. The van der Waals surface area contributed by atoms with Crippen molar-refractivity contribution in [3.63, 3.8) is 0 Å². The van der Waals surface area contributed by atoms with Crippen LogP contribution in [0.2, 0.25) is 0 Å². The molecule has 2 fully saturated rings. The summed E-state index contributed by atoms with van der Waals surface area (Å²) in [5, 5.41) is 3.32. The lowest BCUT2D eigenvalue weighted by molar-refractivity contribution is -0.137. The maximum absolute atomic E-state index is 13.2. The fourth-order valence-electron chi connectivity index (χ4n) is 4.21. The number of rotatable bonds is 6. The number of amides is 1. The molecule has 1 aromatic carbocycles. The molecule has 1 aromatic rings. The van der Waals surface area contributed by atoms with E-state index in [2.05, 4.69) is 5.32 Å². The van der Waals surface area contributed by atoms with E-state index in [0.29, 0.717) is 18.7 Å². The standard InChI is InChI=1S/C20H27F3N2O2.ClH/c1-14(15-4-3-5-16(12-15)20(21,22)23)25(10-11-27-2)18(26)17-13-19(17)6-8-24-9-7-19;/h3-5,12,14,17,24H,6-11,13H2,1-2H3;1H. The number of piperidine rings is 1. The lowest BCUT2D eigenvalue weighted by atomic mass is 9.91. The summed E-state index contributed by atoms with van der Waals surface area (Å²) in [7, 11) is 1.56. The molecule has 1 saturated heterocycles. The average Bonchev–Trinajstić information content (AvgIpc) is 3.34. The lowest BCUT2D eigenvalue weighted by Crippen LogP contribution is -2.39. The summed E-state index contributed by atoms with van der Waals surface area (Å²) in [6, 6.07) is 4.82. The fourth-order valence-corrected chi connectivity index (χ4v) is 4.21. The Bertz CT molecular complexity index is 678. The van der Waals surface area contributed by atoms with Gasteiger partial charge in [-0.15, -0.1) is 12.4 Å². The molecule has 3 rings (SSSR count). The van der Waals surface area contributed by atoms with Crippen molar-refractivity contribution in [1.82, 2.24) is 10.2 Å². The van der Waals surface area contributed by atoms with Crippen LogP contribution in [0.25, 0.3) is 0 Å². The number of ether oxygens (including phenoxy) is 1. The zero-order chi connectivity index (χ0) is 19.7. The Morgan fingerprint density at radius 2 is 2.04 bits per heavy atom. The second-order valence-corrected chi connectivity index (χ2v) is 7.69. The van der Waals surface area contributed by atoms with Gasteiger partial charge in [0.1, 0.15) is 0 Å². The van der Waals surface area contributed by atoms with Gasteiger partial charge in [-0.1, -0.05) is 12.1 Å². The number of alkyl halides is 3. The molecule has 1 N–H and O–H groups in total. The Morgan fingerprint density at radius 3 is 2.64 bits per heavy atom. The summed E-state index contributed by atoms with van der Waals surface area (Å²) in [5.74, 6) is 0.0172. The summed E-state index contributed by atoms with van der Waals surface area (Å²) >= 11 is 0. The molecule has 0 aromatic heterocycles. The van der Waals surface area contributed by atoms with Crippen molar-refractivity contribution < 1.29 is 22.7 Å². The van der Waals surface area contributed by atoms with Gasteiger partial charge in [-0.25, -0.2) is 0 Å². The van der Waals surface area contributed by atoms with Crippen molar-refractivity contribution >= 4 is 18.3 Å². The van der Waals surface area contributed by atoms with E-state index in [1.54, 1.807) is 25.0 Å². The first kappa shape index (κ1) is 23.0. The monoisotopic (exact) mass is 420 g/mol. The topological polar surface area (TPSA) is 41.6 Å². The van der Waals surface area contributed by atoms with Gasteiger partial charge in [-0.2, -0.15) is 13.2 Å². The number of benzene rings is 1. The summed E-state index contributed by atoms with van der Waals surface area (Å²) in [4.78, 5) is 14.9. The quantitative estimate of drug-likeness (QED) is 0.754. The highest BCUT2D eigenvalue weighted by atomic mass is 35.5. The zero-order valence-electron chi connectivity index (χ0n) is 16.2. The van der Waals surface area contributed by atoms with E-state index in [1.165, 1.54) is 6.07 Å². The van der Waals surface area contributed by atoms with Gasteiger partial charge in [0.25, 0.3) is 0 Å². The van der Waals surface area contributed by atoms with E-state index in [4.69, 9.17) is 4.74 Å². The molecule has 1 spiro atoms. The number of nitrogens with zero attached hydrogens (tertiary/aromatic N) is 1. The number of hydrogen-bond acceptors (Lipinski definition) is 3. The highest BCUT2D eigenvalue weighted by Crippen LogP contribution is 2.59. The molecule has 1 saturated carbocycles. The third kappa shape index (κ3) is 4.81. The van der Waals surface area contributed by atoms with E-state index in [9.17, 15) is 18.0 Å². The minimum Gasteiger partial charge on any atom is -0.383 e. The van der Waals surface area contributed by atoms with Gasteiger partial charge < -0.3 is 15.0 Å². The Labute approximate surface area is 170 Å². The van der Waals surface area contributed by atoms with E-state index in [0.717, 1.165) is 44.5 Å². The molecule has 1 amide bonds. The second-order valence-electron chi connectivity index (χ2n) is 7.69. The van der Waals surface area contributed by atoms with Crippen molar-refractivity contribution in [2.45, 2.75) is 38.4 Å². The van der Waals surface area contributed by atoms with Gasteiger partial charge in [0, 0.05) is 19.6 Å². The average molecular weight is 421 g/mol. The van der Waals surface area contributed by atoms with Crippen molar-refractivity contribution in [1.29, 1.82) is 0 Å². The number of hydrogen-bond donors (Lipinski definition) is 1. The molecule has 1 aliphatic heterocycles. The number of nitrogens with one attached hydrogen (secondary N) is 1. The van der Waals surface area contributed by atoms with Gasteiger partial charge in [-0.3, -0.25) is 4.79 Å². The number of halogens is 4. The van der Waals surface area contributed by atoms with Crippen LogP contribution in [-0.4, -0.2) is 44.2 Å². The van der Waals surface area contributed by atoms with E-state index in [1.807, 2.05) is 0 Å². The summed E-state index contributed by atoms with van der Waals surface area (Å²) in [6.45, 7) is 4.37. The zero-order valence-corrected chi connectivity index (χ0v) is 17.0. The van der Waals surface area contributed by atoms with Crippen LogP contribution < -0.4 is 5.32 Å². The van der Waals surface area contributed by atoms with Gasteiger partial charge >= 0.3 is 6.18 Å². The van der Waals surface area contributed by atoms with Crippen LogP contribution >= 0.6 is 12.4 Å². The molecule has 1 aliphatic carbocycles. The Balaban J connectivity index is 0.00000280. The van der Waals surface area contributed by atoms with Crippen LogP contribution in [-0.2, 0) is 15.7 Å². The predicted molar refractivity (Wildman–Crippen MR) is 103 cm³/mol. The minimum absolute atomic E-state index is 0. The molecule has 28 heavy (non-hydrogen) atoms. The molecule has 1 heterocycles. The van der Waals surface area contributed by atoms with Gasteiger partial charge in [-0.05, 0) is 62.4 Å². The minimum atomic E-state index is -4.40. The van der Waals surface area contributed by atoms with Crippen LogP contribution in [0.5, 0.6) is 0 Å². The van der Waals surface area contributed by atoms with Crippen LogP contribution in [0.1, 0.15) is 43.4 Å². The first-order chi connectivity index (χ1) is 12.8. The molecule has 2 aliphatic rings. The molecule has 4 nitrogen and oxygen atoms in total. The molecular formula is C20H28ClF3N2O2. The SMILES string of the molecule is COCCN(C(=O)C1CC12CCNCC2)C(C)c1cccc(C(F)(F)F)c1.Cl. The van der Waals surface area contributed by atoms with Crippen molar-refractivity contribution in [3.8, 4) is 0 Å². The predicted octanol–water partition coefficient (Wildman–Crippen LogP) is 4.05. The van der Waals surface area contributed by atoms with E-state index >= 15 is 0 Å². The van der Waals surface area contributed by atoms with Gasteiger partial charge in [0.15, 0.2) is 0 Å². The van der Waals surface area contributed by atoms with Crippen LogP contribution in [0.15, 0.2) is 24.3 Å². The van der Waals surface area contributed by atoms with Crippen LogP contribution in [0.3, 0.4) is 0 Å². The van der Waals surface area contributed by atoms with Crippen LogP contribution in [0, 0.1) is 11.3 Å². The van der Waals surface area contributed by atoms with E-state index < -0.39 is 17.8 Å². The lowest BCUT2D eigenvalue weighted by Gasteiger charge is -2.32. The molecule has 158 valence electrons. The highest BCUT2D eigenvalue weighted by molar-refractivity contribution is 5.85. The first-order valence-electron chi connectivity index (χ1n) is 9.46. The number of carbonyl (C=O) groups excluding carboxylic acids is 1. The largest absolute Gasteiger partial charge is 0.416 e. The summed E-state index contributed by atoms with van der Waals surface area (Å²) in [6.07, 6.45) is -1.54. The Hall–Kier alpha value is -1.31. The molecular weight excluding hydrogens is 393 g/mol. The maximum atomic E-state index is 13.2. The van der Waals surface area contributed by atoms with Gasteiger partial charge in [0.05, 0.1) is 18.2 Å². The van der Waals surface area contributed by atoms with E-state index in [-0.39, 0.29) is 29.6 Å². The second kappa shape index (κ2) is 9.01. The smallest absolute Gasteiger partial charge is 0.383 e. The first-order valence-corrected chi connectivity index (χ1v) is 9.46. The summed E-state index contributed by atoms with van der Waals surface area (Å²) < 4.78 is 44.3. The van der Waals surface area contributed by atoms with Gasteiger partial charge in [0.2, 0.25) is 5.91 Å². The Kier molecular flexibility index (Phi) is 7.39. The van der Waals surface area contributed by atoms with Crippen molar-refractivity contribution in [3.05, 3.63) is 35.4 Å². The molecule has 0 bridgehead atoms.